The first-order valence-electron chi connectivity index (χ1n) is 8.68. The summed E-state index contributed by atoms with van der Waals surface area (Å²) >= 11 is 0. The number of likely N-dealkylation sites (tertiary alicyclic amines) is 1. The number of ether oxygens (including phenoxy) is 1. The minimum atomic E-state index is -4.42. The molecule has 1 aliphatic heterocycles. The molecule has 1 saturated heterocycles. The lowest BCUT2D eigenvalue weighted by Gasteiger charge is -2.38. The van der Waals surface area contributed by atoms with Crippen molar-refractivity contribution in [2.75, 3.05) is 26.8 Å². The van der Waals surface area contributed by atoms with Gasteiger partial charge in [0.25, 0.3) is 0 Å². The van der Waals surface area contributed by atoms with Crippen LogP contribution >= 0.6 is 0 Å². The zero-order valence-corrected chi connectivity index (χ0v) is 16.1. The molecule has 1 N–H and O–H groups in total. The van der Waals surface area contributed by atoms with Crippen LogP contribution in [-0.4, -0.2) is 57.0 Å². The van der Waals surface area contributed by atoms with Gasteiger partial charge in [0.15, 0.2) is 5.82 Å². The van der Waals surface area contributed by atoms with Gasteiger partial charge in [0, 0.05) is 20.2 Å². The third kappa shape index (κ3) is 5.19. The maximum absolute atomic E-state index is 12.9. The maximum Gasteiger partial charge on any atom is 0.416 e. The molecular formula is C17H22ClF3N5O2-. The van der Waals surface area contributed by atoms with E-state index >= 15 is 0 Å². The number of hydrogen-bond donors (Lipinski definition) is 1. The van der Waals surface area contributed by atoms with E-state index in [2.05, 4.69) is 20.4 Å². The molecule has 11 heteroatoms. The normalized spacial score (nSPS) is 17.3. The number of halogens is 4. The monoisotopic (exact) mass is 420 g/mol. The molecule has 0 amide bonds. The Labute approximate surface area is 166 Å². The topological polar surface area (TPSA) is 76.3 Å². The number of aromatic nitrogens is 4. The highest BCUT2D eigenvalue weighted by molar-refractivity contribution is 5.30. The minimum absolute atomic E-state index is 0. The number of nitrogens with zero attached hydrogens (tertiary/aromatic N) is 5. The molecule has 1 aromatic carbocycles. The van der Waals surface area contributed by atoms with Gasteiger partial charge in [0.2, 0.25) is 0 Å². The molecule has 28 heavy (non-hydrogen) atoms. The van der Waals surface area contributed by atoms with Crippen molar-refractivity contribution in [3.8, 4) is 0 Å². The second-order valence-electron chi connectivity index (χ2n) is 6.70. The van der Waals surface area contributed by atoms with Crippen molar-refractivity contribution in [2.24, 2.45) is 0 Å². The molecule has 156 valence electrons. The Morgan fingerprint density at radius 1 is 1.25 bits per heavy atom. The Bertz CT molecular complexity index is 763. The molecule has 0 atom stereocenters. The van der Waals surface area contributed by atoms with Gasteiger partial charge in [-0.15, -0.1) is 5.10 Å². The van der Waals surface area contributed by atoms with Crippen LogP contribution in [0.5, 0.6) is 0 Å². The first-order valence-corrected chi connectivity index (χ1v) is 8.68. The van der Waals surface area contributed by atoms with Gasteiger partial charge in [0.1, 0.15) is 0 Å². The largest absolute Gasteiger partial charge is 1.00 e. The van der Waals surface area contributed by atoms with E-state index in [9.17, 15) is 18.3 Å². The summed E-state index contributed by atoms with van der Waals surface area (Å²) in [7, 11) is 1.60. The van der Waals surface area contributed by atoms with Crippen LogP contribution in [0.1, 0.15) is 29.8 Å². The molecule has 1 aromatic heterocycles. The van der Waals surface area contributed by atoms with Gasteiger partial charge >= 0.3 is 6.18 Å². The molecule has 0 unspecified atom stereocenters. The van der Waals surface area contributed by atoms with E-state index in [4.69, 9.17) is 4.74 Å². The van der Waals surface area contributed by atoms with Crippen LogP contribution in [0.25, 0.3) is 0 Å². The van der Waals surface area contributed by atoms with Crippen molar-refractivity contribution in [1.82, 2.24) is 25.1 Å². The highest BCUT2D eigenvalue weighted by Crippen LogP contribution is 2.36. The Kier molecular flexibility index (Phi) is 7.38. The van der Waals surface area contributed by atoms with E-state index in [-0.39, 0.29) is 12.4 Å². The summed E-state index contributed by atoms with van der Waals surface area (Å²) in [6.07, 6.45) is -3.74. The van der Waals surface area contributed by atoms with Gasteiger partial charge in [-0.1, -0.05) is 12.1 Å². The smallest absolute Gasteiger partial charge is 0.416 e. The number of rotatable bonds is 6. The number of hydrogen-bond acceptors (Lipinski definition) is 6. The standard InChI is InChI=1S/C17H22F3N5O2.ClH/c1-27-10-9-25-15(21-22-23-25)12-24-7-5-16(26,6-8-24)13-3-2-4-14(11-13)17(18,19)20;/h2-4,11,26H,5-10,12H2,1H3;1H/p-1. The fraction of sp³-hybridized carbons (Fsp3) is 0.588. The van der Waals surface area contributed by atoms with Gasteiger partial charge < -0.3 is 22.3 Å². The van der Waals surface area contributed by atoms with Crippen molar-refractivity contribution < 1.29 is 35.4 Å². The first-order chi connectivity index (χ1) is 12.8. The highest BCUT2D eigenvalue weighted by Gasteiger charge is 2.37. The Morgan fingerprint density at radius 2 is 1.96 bits per heavy atom. The van der Waals surface area contributed by atoms with Crippen LogP contribution in [0, 0.1) is 0 Å². The Hall–Kier alpha value is -1.75. The molecular weight excluding hydrogens is 399 g/mol. The molecule has 1 aliphatic rings. The van der Waals surface area contributed by atoms with Crippen LogP contribution in [0.3, 0.4) is 0 Å². The van der Waals surface area contributed by atoms with Gasteiger partial charge in [-0.2, -0.15) is 13.2 Å². The van der Waals surface area contributed by atoms with Gasteiger partial charge in [0.05, 0.1) is 30.9 Å². The molecule has 2 aromatic rings. The van der Waals surface area contributed by atoms with E-state index in [1.807, 2.05) is 0 Å². The van der Waals surface area contributed by atoms with E-state index in [1.165, 1.54) is 6.07 Å². The van der Waals surface area contributed by atoms with Crippen molar-refractivity contribution >= 4 is 0 Å². The quantitative estimate of drug-likeness (QED) is 0.634. The molecule has 7 nitrogen and oxygen atoms in total. The van der Waals surface area contributed by atoms with Crippen molar-refractivity contribution in [1.29, 1.82) is 0 Å². The molecule has 2 heterocycles. The van der Waals surface area contributed by atoms with Crippen molar-refractivity contribution in [2.45, 2.75) is 37.7 Å². The van der Waals surface area contributed by atoms with E-state index in [0.717, 1.165) is 12.1 Å². The van der Waals surface area contributed by atoms with Crippen LogP contribution in [0.2, 0.25) is 0 Å². The number of tetrazole rings is 1. The third-order valence-electron chi connectivity index (χ3n) is 4.89. The number of methoxy groups -OCH3 is 1. The zero-order valence-electron chi connectivity index (χ0n) is 15.4. The predicted molar refractivity (Wildman–Crippen MR) is 89.5 cm³/mol. The summed E-state index contributed by atoms with van der Waals surface area (Å²) in [5, 5.41) is 22.5. The Balaban J connectivity index is 0.00000280. The van der Waals surface area contributed by atoms with Crippen LogP contribution in [0.4, 0.5) is 13.2 Å². The van der Waals surface area contributed by atoms with Crippen molar-refractivity contribution in [3.05, 3.63) is 41.2 Å². The third-order valence-corrected chi connectivity index (χ3v) is 4.89. The fourth-order valence-electron chi connectivity index (χ4n) is 3.24. The highest BCUT2D eigenvalue weighted by atomic mass is 35.5. The second kappa shape index (κ2) is 9.17. The first kappa shape index (κ1) is 22.5. The van der Waals surface area contributed by atoms with E-state index < -0.39 is 17.3 Å². The lowest BCUT2D eigenvalue weighted by molar-refractivity contribution is -0.137. The minimum Gasteiger partial charge on any atom is -1.00 e. The lowest BCUT2D eigenvalue weighted by Crippen LogP contribution is -3.00. The summed E-state index contributed by atoms with van der Waals surface area (Å²) < 4.78 is 45.5. The molecule has 0 bridgehead atoms. The van der Waals surface area contributed by atoms with E-state index in [0.29, 0.717) is 57.0 Å². The van der Waals surface area contributed by atoms with Crippen LogP contribution in [-0.2, 0) is 29.6 Å². The molecule has 0 radical (unpaired) electrons. The summed E-state index contributed by atoms with van der Waals surface area (Å²) in [5.74, 6) is 0.691. The number of piperidine rings is 1. The van der Waals surface area contributed by atoms with Gasteiger partial charge in [-0.3, -0.25) is 4.90 Å². The SMILES string of the molecule is COCCn1nnnc1CN1CCC(O)(c2cccc(C(F)(F)F)c2)CC1.[Cl-]. The number of aliphatic hydroxyl groups is 1. The maximum atomic E-state index is 12.9. The summed E-state index contributed by atoms with van der Waals surface area (Å²) in [4.78, 5) is 2.08. The molecule has 0 saturated carbocycles. The average molecular weight is 421 g/mol. The fourth-order valence-corrected chi connectivity index (χ4v) is 3.24. The summed E-state index contributed by atoms with van der Waals surface area (Å²) in [6.45, 7) is 2.61. The molecule has 1 fully saturated rings. The molecule has 0 aliphatic carbocycles. The summed E-state index contributed by atoms with van der Waals surface area (Å²) in [6, 6.07) is 4.95. The second-order valence-corrected chi connectivity index (χ2v) is 6.70. The zero-order chi connectivity index (χ0) is 19.5. The lowest BCUT2D eigenvalue weighted by atomic mass is 9.83. The average Bonchev–Trinajstić information content (AvgIpc) is 3.08. The molecule has 3 rings (SSSR count). The van der Waals surface area contributed by atoms with Gasteiger partial charge in [-0.05, 0) is 41.0 Å². The van der Waals surface area contributed by atoms with Crippen LogP contribution in [0.15, 0.2) is 24.3 Å². The Morgan fingerprint density at radius 3 is 2.61 bits per heavy atom. The predicted octanol–water partition coefficient (Wildman–Crippen LogP) is -1.17. The number of benzene rings is 1. The van der Waals surface area contributed by atoms with Gasteiger partial charge in [-0.25, -0.2) is 4.68 Å². The summed E-state index contributed by atoms with van der Waals surface area (Å²) in [5.41, 5.74) is -1.70. The van der Waals surface area contributed by atoms with E-state index in [1.54, 1.807) is 17.9 Å². The molecule has 0 spiro atoms. The number of alkyl halides is 3. The van der Waals surface area contributed by atoms with Crippen molar-refractivity contribution in [3.63, 3.8) is 0 Å². The van der Waals surface area contributed by atoms with Crippen LogP contribution < -0.4 is 12.4 Å².